The van der Waals surface area contributed by atoms with Crippen LogP contribution in [0.3, 0.4) is 0 Å². The van der Waals surface area contributed by atoms with Gasteiger partial charge < -0.3 is 25.0 Å². The topological polar surface area (TPSA) is 71.0 Å². The van der Waals surface area contributed by atoms with Crippen LogP contribution in [0.4, 0.5) is 0 Å². The summed E-state index contributed by atoms with van der Waals surface area (Å²) in [5, 5.41) is 20.9. The van der Waals surface area contributed by atoms with Gasteiger partial charge >= 0.3 is 0 Å². The maximum Gasteiger partial charge on any atom is 0.161 e. The molecule has 1 aromatic carbocycles. The van der Waals surface area contributed by atoms with Crippen molar-refractivity contribution in [1.29, 1.82) is 0 Å². The van der Waals surface area contributed by atoms with E-state index in [-0.39, 0.29) is 6.61 Å². The van der Waals surface area contributed by atoms with Crippen molar-refractivity contribution in [2.75, 3.05) is 26.9 Å². The van der Waals surface area contributed by atoms with E-state index in [1.54, 1.807) is 7.11 Å². The molecule has 0 aromatic heterocycles. The number of aliphatic hydroxyl groups is 2. The highest BCUT2D eigenvalue weighted by atomic mass is 16.5. The van der Waals surface area contributed by atoms with Gasteiger partial charge in [0.2, 0.25) is 0 Å². The number of hydrogen-bond donors (Lipinski definition) is 3. The van der Waals surface area contributed by atoms with Crippen LogP contribution < -0.4 is 14.8 Å². The largest absolute Gasteiger partial charge is 0.493 e. The molecule has 0 amide bonds. The van der Waals surface area contributed by atoms with E-state index in [9.17, 15) is 5.11 Å². The van der Waals surface area contributed by atoms with E-state index in [1.165, 1.54) is 0 Å². The Bertz CT molecular complexity index is 357. The Labute approximate surface area is 107 Å². The highest BCUT2D eigenvalue weighted by molar-refractivity contribution is 5.42. The predicted molar refractivity (Wildman–Crippen MR) is 69.0 cm³/mol. The van der Waals surface area contributed by atoms with Crippen LogP contribution in [0.1, 0.15) is 12.5 Å². The summed E-state index contributed by atoms with van der Waals surface area (Å²) in [4.78, 5) is 0. The smallest absolute Gasteiger partial charge is 0.161 e. The first-order valence-electron chi connectivity index (χ1n) is 6.00. The van der Waals surface area contributed by atoms with E-state index >= 15 is 0 Å². The molecule has 102 valence electrons. The number of rotatable bonds is 8. The third-order valence-corrected chi connectivity index (χ3v) is 2.45. The Kier molecular flexibility index (Phi) is 6.49. The van der Waals surface area contributed by atoms with E-state index in [0.29, 0.717) is 25.4 Å². The Morgan fingerprint density at radius 3 is 2.72 bits per heavy atom. The van der Waals surface area contributed by atoms with Crippen molar-refractivity contribution in [3.05, 3.63) is 23.8 Å². The van der Waals surface area contributed by atoms with Crippen molar-refractivity contribution in [2.24, 2.45) is 0 Å². The molecule has 1 atom stereocenters. The van der Waals surface area contributed by atoms with E-state index < -0.39 is 6.10 Å². The van der Waals surface area contributed by atoms with Crippen LogP contribution in [0, 0.1) is 0 Å². The van der Waals surface area contributed by atoms with Crippen molar-refractivity contribution in [1.82, 2.24) is 5.32 Å². The number of nitrogens with one attached hydrogen (secondary N) is 1. The van der Waals surface area contributed by atoms with Gasteiger partial charge in [0.15, 0.2) is 11.5 Å². The van der Waals surface area contributed by atoms with Gasteiger partial charge in [-0.2, -0.15) is 0 Å². The molecule has 0 aliphatic rings. The Hall–Kier alpha value is -1.30. The molecule has 0 radical (unpaired) electrons. The lowest BCUT2D eigenvalue weighted by atomic mass is 10.2. The molecule has 0 aliphatic heterocycles. The van der Waals surface area contributed by atoms with Gasteiger partial charge in [0.05, 0.1) is 26.4 Å². The van der Waals surface area contributed by atoms with Crippen LogP contribution in [-0.4, -0.2) is 43.2 Å². The fraction of sp³-hybridized carbons (Fsp3) is 0.538. The van der Waals surface area contributed by atoms with Crippen molar-refractivity contribution in [3.8, 4) is 11.5 Å². The molecule has 5 nitrogen and oxygen atoms in total. The zero-order chi connectivity index (χ0) is 13.4. The van der Waals surface area contributed by atoms with Gasteiger partial charge in [0, 0.05) is 13.1 Å². The van der Waals surface area contributed by atoms with E-state index in [4.69, 9.17) is 14.6 Å². The zero-order valence-corrected chi connectivity index (χ0v) is 10.8. The van der Waals surface area contributed by atoms with E-state index in [1.807, 2.05) is 25.1 Å². The minimum absolute atomic E-state index is 0.237. The van der Waals surface area contributed by atoms with Crippen LogP contribution in [0.2, 0.25) is 0 Å². The summed E-state index contributed by atoms with van der Waals surface area (Å²) in [6, 6.07) is 5.69. The molecular formula is C13H21NO4. The SMILES string of the molecule is CCOc1ccc(CNCC(O)CO)cc1OC. The summed E-state index contributed by atoms with van der Waals surface area (Å²) in [7, 11) is 1.60. The van der Waals surface area contributed by atoms with Crippen LogP contribution in [0.15, 0.2) is 18.2 Å². The maximum atomic E-state index is 9.19. The molecule has 5 heteroatoms. The van der Waals surface area contributed by atoms with Gasteiger partial charge in [0.1, 0.15) is 0 Å². The summed E-state index contributed by atoms with van der Waals surface area (Å²) in [5.41, 5.74) is 1.03. The lowest BCUT2D eigenvalue weighted by Crippen LogP contribution is -2.28. The monoisotopic (exact) mass is 255 g/mol. The van der Waals surface area contributed by atoms with E-state index in [2.05, 4.69) is 5.32 Å². The summed E-state index contributed by atoms with van der Waals surface area (Å²) in [6.07, 6.45) is -0.727. The van der Waals surface area contributed by atoms with Gasteiger partial charge in [-0.1, -0.05) is 6.07 Å². The minimum atomic E-state index is -0.727. The van der Waals surface area contributed by atoms with Crippen LogP contribution >= 0.6 is 0 Å². The summed E-state index contributed by atoms with van der Waals surface area (Å²) >= 11 is 0. The van der Waals surface area contributed by atoms with Crippen molar-refractivity contribution >= 4 is 0 Å². The van der Waals surface area contributed by atoms with Crippen molar-refractivity contribution in [2.45, 2.75) is 19.6 Å². The molecule has 0 heterocycles. The van der Waals surface area contributed by atoms with Crippen molar-refractivity contribution in [3.63, 3.8) is 0 Å². The van der Waals surface area contributed by atoms with Crippen LogP contribution in [0.5, 0.6) is 11.5 Å². The standard InChI is InChI=1S/C13H21NO4/c1-3-18-12-5-4-10(6-13(12)17-2)7-14-8-11(16)9-15/h4-6,11,14-16H,3,7-9H2,1-2H3. The van der Waals surface area contributed by atoms with Gasteiger partial charge in [-0.25, -0.2) is 0 Å². The van der Waals surface area contributed by atoms with Gasteiger partial charge in [-0.05, 0) is 24.6 Å². The summed E-state index contributed by atoms with van der Waals surface area (Å²) in [5.74, 6) is 1.41. The Balaban J connectivity index is 2.56. The molecular weight excluding hydrogens is 234 g/mol. The number of hydrogen-bond acceptors (Lipinski definition) is 5. The molecule has 0 aliphatic carbocycles. The Morgan fingerprint density at radius 1 is 1.33 bits per heavy atom. The summed E-state index contributed by atoms with van der Waals surface area (Å²) in [6.45, 7) is 3.23. The second-order valence-electron chi connectivity index (χ2n) is 3.89. The number of methoxy groups -OCH3 is 1. The third kappa shape index (κ3) is 4.52. The minimum Gasteiger partial charge on any atom is -0.493 e. The normalized spacial score (nSPS) is 12.2. The fourth-order valence-electron chi connectivity index (χ4n) is 1.54. The highest BCUT2D eigenvalue weighted by Crippen LogP contribution is 2.27. The number of benzene rings is 1. The first-order chi connectivity index (χ1) is 8.71. The fourth-order valence-corrected chi connectivity index (χ4v) is 1.54. The molecule has 18 heavy (non-hydrogen) atoms. The molecule has 1 unspecified atom stereocenters. The zero-order valence-electron chi connectivity index (χ0n) is 10.8. The van der Waals surface area contributed by atoms with Crippen LogP contribution in [-0.2, 0) is 6.54 Å². The average Bonchev–Trinajstić information content (AvgIpc) is 2.40. The lowest BCUT2D eigenvalue weighted by Gasteiger charge is -2.12. The Morgan fingerprint density at radius 2 is 2.11 bits per heavy atom. The highest BCUT2D eigenvalue weighted by Gasteiger charge is 2.06. The number of ether oxygens (including phenoxy) is 2. The molecule has 1 rings (SSSR count). The molecule has 0 bridgehead atoms. The second-order valence-corrected chi connectivity index (χ2v) is 3.89. The van der Waals surface area contributed by atoms with Gasteiger partial charge in [-0.15, -0.1) is 0 Å². The maximum absolute atomic E-state index is 9.19. The van der Waals surface area contributed by atoms with E-state index in [0.717, 1.165) is 11.3 Å². The predicted octanol–water partition coefficient (Wildman–Crippen LogP) is 0.537. The quantitative estimate of drug-likeness (QED) is 0.632. The first kappa shape index (κ1) is 14.8. The first-order valence-corrected chi connectivity index (χ1v) is 6.00. The molecule has 0 spiro atoms. The summed E-state index contributed by atoms with van der Waals surface area (Å²) < 4.78 is 10.7. The van der Waals surface area contributed by atoms with Gasteiger partial charge in [-0.3, -0.25) is 0 Å². The molecule has 3 N–H and O–H groups in total. The van der Waals surface area contributed by atoms with Crippen molar-refractivity contribution < 1.29 is 19.7 Å². The van der Waals surface area contributed by atoms with Crippen LogP contribution in [0.25, 0.3) is 0 Å². The molecule has 0 saturated heterocycles. The lowest BCUT2D eigenvalue weighted by molar-refractivity contribution is 0.0942. The number of aliphatic hydroxyl groups excluding tert-OH is 2. The molecule has 1 aromatic rings. The molecule has 0 fully saturated rings. The van der Waals surface area contributed by atoms with Gasteiger partial charge in [0.25, 0.3) is 0 Å². The average molecular weight is 255 g/mol. The second kappa shape index (κ2) is 7.92. The molecule has 0 saturated carbocycles. The third-order valence-electron chi connectivity index (χ3n) is 2.45.